The maximum Gasteiger partial charge on any atom is 0.319 e. The zero-order valence-corrected chi connectivity index (χ0v) is 30.6. The Morgan fingerprint density at radius 1 is 0.804 bits per heavy atom. The monoisotopic (exact) mass is 762 g/mol. The van der Waals surface area contributed by atoms with Crippen molar-refractivity contribution in [2.75, 3.05) is 68.8 Å². The SMILES string of the molecule is O=C1CCC(N2C(=O)c3ccc(N4CCN(CCOCCN5CCCc6cc(-c7ccc8c9cnccc9n(C(F)F)c8c7)cnc65)CC4)cc3C2=O)C(=O)N1. The molecule has 0 saturated carbocycles. The Hall–Kier alpha value is -5.80. The van der Waals surface area contributed by atoms with Gasteiger partial charge in [0.15, 0.2) is 0 Å². The first-order chi connectivity index (χ1) is 27.2. The summed E-state index contributed by atoms with van der Waals surface area (Å²) in [6, 6.07) is 13.7. The zero-order chi connectivity index (χ0) is 38.5. The van der Waals surface area contributed by atoms with Crippen molar-refractivity contribution in [3.8, 4) is 11.1 Å². The molecule has 0 bridgehead atoms. The Morgan fingerprint density at radius 3 is 2.45 bits per heavy atom. The number of piperidine rings is 1. The van der Waals surface area contributed by atoms with E-state index in [1.807, 2.05) is 30.5 Å². The third-order valence-corrected chi connectivity index (χ3v) is 11.5. The number of carbonyl (C=O) groups is 4. The van der Waals surface area contributed by atoms with E-state index in [1.54, 1.807) is 24.4 Å². The molecule has 1 atom stereocenters. The number of halogens is 2. The zero-order valence-electron chi connectivity index (χ0n) is 30.6. The second kappa shape index (κ2) is 14.7. The molecule has 7 heterocycles. The van der Waals surface area contributed by atoms with Gasteiger partial charge in [0.25, 0.3) is 11.8 Å². The number of anilines is 2. The van der Waals surface area contributed by atoms with Gasteiger partial charge in [-0.05, 0) is 66.8 Å². The van der Waals surface area contributed by atoms with Gasteiger partial charge in [-0.1, -0.05) is 12.1 Å². The van der Waals surface area contributed by atoms with Crippen LogP contribution >= 0.6 is 0 Å². The molecule has 15 heteroatoms. The van der Waals surface area contributed by atoms with Crippen LogP contribution in [0.4, 0.5) is 20.3 Å². The number of benzene rings is 2. The molecule has 2 fully saturated rings. The summed E-state index contributed by atoms with van der Waals surface area (Å²) in [6.07, 6.45) is 7.08. The number of amides is 4. The van der Waals surface area contributed by atoms with Crippen molar-refractivity contribution in [2.24, 2.45) is 0 Å². The Balaban J connectivity index is 0.762. The van der Waals surface area contributed by atoms with E-state index in [9.17, 15) is 28.0 Å². The van der Waals surface area contributed by atoms with Gasteiger partial charge in [-0.15, -0.1) is 0 Å². The molecule has 288 valence electrons. The maximum absolute atomic E-state index is 14.2. The summed E-state index contributed by atoms with van der Waals surface area (Å²) >= 11 is 0. The molecule has 5 aromatic rings. The largest absolute Gasteiger partial charge is 0.378 e. The third-order valence-electron chi connectivity index (χ3n) is 11.5. The molecule has 3 aromatic heterocycles. The number of aromatic nitrogens is 3. The molecule has 2 aromatic carbocycles. The third kappa shape index (κ3) is 6.43. The fraction of sp³-hybridized carbons (Fsp3) is 0.366. The van der Waals surface area contributed by atoms with Crippen LogP contribution in [0.3, 0.4) is 0 Å². The van der Waals surface area contributed by atoms with Crippen molar-refractivity contribution in [1.82, 2.24) is 29.7 Å². The van der Waals surface area contributed by atoms with E-state index in [0.717, 1.165) is 95.2 Å². The molecule has 9 rings (SSSR count). The molecule has 2 saturated heterocycles. The number of piperazine rings is 1. The van der Waals surface area contributed by atoms with Crippen molar-refractivity contribution in [3.63, 3.8) is 0 Å². The average Bonchev–Trinajstić information content (AvgIpc) is 3.67. The predicted molar refractivity (Wildman–Crippen MR) is 205 cm³/mol. The van der Waals surface area contributed by atoms with Crippen LogP contribution in [0.1, 0.15) is 52.1 Å². The number of nitrogens with one attached hydrogen (secondary N) is 1. The van der Waals surface area contributed by atoms with Crippen molar-refractivity contribution in [2.45, 2.75) is 38.3 Å². The molecule has 0 spiro atoms. The predicted octanol–water partition coefficient (Wildman–Crippen LogP) is 4.64. The number of aryl methyl sites for hydroxylation is 1. The fourth-order valence-corrected chi connectivity index (χ4v) is 8.55. The number of imide groups is 2. The van der Waals surface area contributed by atoms with E-state index in [-0.39, 0.29) is 24.0 Å². The van der Waals surface area contributed by atoms with E-state index in [0.29, 0.717) is 36.2 Å². The number of hydrogen-bond donors (Lipinski definition) is 1. The first kappa shape index (κ1) is 35.9. The molecular formula is C41H40F2N8O5. The summed E-state index contributed by atoms with van der Waals surface area (Å²) in [6.45, 7) is 3.98. The Bertz CT molecular complexity index is 2390. The molecule has 1 unspecified atom stereocenters. The minimum absolute atomic E-state index is 0.0821. The molecule has 0 radical (unpaired) electrons. The Labute approximate surface area is 320 Å². The van der Waals surface area contributed by atoms with Crippen LogP contribution in [0.5, 0.6) is 0 Å². The minimum atomic E-state index is -2.68. The molecular weight excluding hydrogens is 722 g/mol. The molecule has 56 heavy (non-hydrogen) atoms. The summed E-state index contributed by atoms with van der Waals surface area (Å²) in [7, 11) is 0. The van der Waals surface area contributed by atoms with E-state index >= 15 is 0 Å². The van der Waals surface area contributed by atoms with Crippen LogP contribution in [0, 0.1) is 0 Å². The average molecular weight is 763 g/mol. The molecule has 4 aliphatic rings. The van der Waals surface area contributed by atoms with Gasteiger partial charge in [0.05, 0.1) is 35.4 Å². The molecule has 4 aliphatic heterocycles. The number of carbonyl (C=O) groups excluding carboxylic acids is 4. The highest BCUT2D eigenvalue weighted by molar-refractivity contribution is 6.23. The van der Waals surface area contributed by atoms with Crippen LogP contribution in [-0.4, -0.2) is 113 Å². The lowest BCUT2D eigenvalue weighted by Crippen LogP contribution is -2.54. The van der Waals surface area contributed by atoms with Gasteiger partial charge >= 0.3 is 6.55 Å². The van der Waals surface area contributed by atoms with Gasteiger partial charge in [-0.2, -0.15) is 8.78 Å². The van der Waals surface area contributed by atoms with Gasteiger partial charge < -0.3 is 14.5 Å². The van der Waals surface area contributed by atoms with Gasteiger partial charge in [0.2, 0.25) is 11.8 Å². The smallest absolute Gasteiger partial charge is 0.319 e. The summed E-state index contributed by atoms with van der Waals surface area (Å²) in [5.74, 6) is -1.09. The van der Waals surface area contributed by atoms with E-state index in [2.05, 4.69) is 31.1 Å². The first-order valence-corrected chi connectivity index (χ1v) is 19.1. The van der Waals surface area contributed by atoms with Crippen LogP contribution in [0.2, 0.25) is 0 Å². The lowest BCUT2D eigenvalue weighted by Gasteiger charge is -2.36. The number of nitrogens with zero attached hydrogens (tertiary/aromatic N) is 7. The van der Waals surface area contributed by atoms with Crippen molar-refractivity contribution in [3.05, 3.63) is 83.8 Å². The topological polar surface area (TPSA) is 133 Å². The fourth-order valence-electron chi connectivity index (χ4n) is 8.55. The minimum Gasteiger partial charge on any atom is -0.378 e. The standard InChI is InChI=1S/C41H40F2N8O5/c42-41(43)50-33-9-10-44-24-32(33)29-5-3-25(21-35(29)50)27-20-26-2-1-11-49(37(26)45-23-27)17-19-56-18-16-47-12-14-48(15-13-47)28-4-6-30-31(22-28)40(55)51(39(30)54)34-7-8-36(52)46-38(34)53/h3-6,9-10,20-24,34,41H,1-2,7-8,11-19H2,(H,46,52,53). The molecule has 13 nitrogen and oxygen atoms in total. The molecule has 0 aliphatic carbocycles. The number of rotatable bonds is 10. The van der Waals surface area contributed by atoms with Crippen LogP contribution in [0.25, 0.3) is 32.9 Å². The summed E-state index contributed by atoms with van der Waals surface area (Å²) in [4.78, 5) is 67.1. The molecule has 1 N–H and O–H groups in total. The summed E-state index contributed by atoms with van der Waals surface area (Å²) in [5, 5.41) is 3.68. The summed E-state index contributed by atoms with van der Waals surface area (Å²) in [5.41, 5.74) is 5.20. The lowest BCUT2D eigenvalue weighted by molar-refractivity contribution is -0.136. The van der Waals surface area contributed by atoms with E-state index < -0.39 is 36.2 Å². The number of ether oxygens (including phenoxy) is 1. The van der Waals surface area contributed by atoms with Gasteiger partial charge in [0, 0.05) is 92.8 Å². The van der Waals surface area contributed by atoms with E-state index in [4.69, 9.17) is 9.72 Å². The summed E-state index contributed by atoms with van der Waals surface area (Å²) < 4.78 is 35.5. The van der Waals surface area contributed by atoms with Crippen molar-refractivity contribution < 1.29 is 32.7 Å². The lowest BCUT2D eigenvalue weighted by atomic mass is 9.99. The highest BCUT2D eigenvalue weighted by atomic mass is 19.3. The normalized spacial score (nSPS) is 19.1. The number of pyridine rings is 2. The van der Waals surface area contributed by atoms with E-state index in [1.165, 1.54) is 6.20 Å². The van der Waals surface area contributed by atoms with Crippen LogP contribution < -0.4 is 15.1 Å². The number of alkyl halides is 2. The first-order valence-electron chi connectivity index (χ1n) is 19.1. The highest BCUT2D eigenvalue weighted by Gasteiger charge is 2.44. The van der Waals surface area contributed by atoms with Crippen LogP contribution in [0.15, 0.2) is 67.1 Å². The Morgan fingerprint density at radius 2 is 1.62 bits per heavy atom. The van der Waals surface area contributed by atoms with Crippen molar-refractivity contribution in [1.29, 1.82) is 0 Å². The number of hydrogen-bond acceptors (Lipinski definition) is 10. The maximum atomic E-state index is 14.2. The molecule has 4 amide bonds. The van der Waals surface area contributed by atoms with Gasteiger partial charge in [-0.25, -0.2) is 4.98 Å². The second-order valence-electron chi connectivity index (χ2n) is 14.7. The Kier molecular flexibility index (Phi) is 9.41. The van der Waals surface area contributed by atoms with Gasteiger partial charge in [-0.3, -0.25) is 43.8 Å². The van der Waals surface area contributed by atoms with Crippen molar-refractivity contribution >= 4 is 56.9 Å². The van der Waals surface area contributed by atoms with Crippen LogP contribution in [-0.2, 0) is 20.7 Å². The quantitative estimate of drug-likeness (QED) is 0.159. The van der Waals surface area contributed by atoms with Gasteiger partial charge in [0.1, 0.15) is 11.9 Å². The highest BCUT2D eigenvalue weighted by Crippen LogP contribution is 2.37. The second-order valence-corrected chi connectivity index (χ2v) is 14.7. The number of fused-ring (bicyclic) bond motifs is 5.